The normalized spacial score (nSPS) is 11.5. The fraction of sp³-hybridized carbons (Fsp3) is 0.102. The maximum absolute atomic E-state index is 6.57. The minimum Gasteiger partial charge on any atom is -0.509 e. The SMILES string of the molecule is Cc1ccnc(-n2c3[c-]c(Oc4[c-]c(-n5nc(-c6ccccc6)c(-c6ccc(C(C)(C)C)cc6)c5-c5ccccc5)ccc4)ccc3c3ccccc32)c1.[Pt+2]. The molecule has 0 amide bonds. The first-order chi connectivity index (χ1) is 26.3. The number of hydrogen-bond acceptors (Lipinski definition) is 3. The number of benzene rings is 6. The van der Waals surface area contributed by atoms with E-state index < -0.39 is 0 Å². The Morgan fingerprint density at radius 1 is 0.618 bits per heavy atom. The Balaban J connectivity index is 0.00000427. The number of rotatable bonds is 7. The molecule has 0 saturated heterocycles. The van der Waals surface area contributed by atoms with E-state index in [1.54, 1.807) is 0 Å². The molecule has 0 N–H and O–H groups in total. The summed E-state index contributed by atoms with van der Waals surface area (Å²) in [5.41, 5.74) is 11.3. The molecule has 0 unspecified atom stereocenters. The third-order valence-electron chi connectivity index (χ3n) is 9.91. The third kappa shape index (κ3) is 6.81. The molecule has 0 radical (unpaired) electrons. The standard InChI is InChI=1S/C49H38N4O.Pt/c1-33-28-29-50-45(30-33)52-43-21-12-11-20-41(43)42-27-26-40(32-44(42)52)54-39-19-13-18-38(31-39)53-48(36-16-9-6-10-17-36)46(47(51-53)35-14-7-5-8-15-35)34-22-24-37(25-23-34)49(2,3)4;/h5-30H,1-4H3;/q-2;+2. The fourth-order valence-corrected chi connectivity index (χ4v) is 7.22. The molecule has 3 aromatic heterocycles. The van der Waals surface area contributed by atoms with Crippen LogP contribution in [0, 0.1) is 19.1 Å². The van der Waals surface area contributed by atoms with Gasteiger partial charge in [0.2, 0.25) is 0 Å². The van der Waals surface area contributed by atoms with Crippen LogP contribution in [-0.4, -0.2) is 19.3 Å². The van der Waals surface area contributed by atoms with Crippen LogP contribution in [0.5, 0.6) is 11.5 Å². The zero-order chi connectivity index (χ0) is 36.8. The second kappa shape index (κ2) is 14.7. The Kier molecular flexibility index (Phi) is 9.59. The van der Waals surface area contributed by atoms with Crippen molar-refractivity contribution in [2.75, 3.05) is 0 Å². The molecule has 0 aliphatic carbocycles. The zero-order valence-corrected chi connectivity index (χ0v) is 33.3. The topological polar surface area (TPSA) is 44.9 Å². The van der Waals surface area contributed by atoms with Gasteiger partial charge in [-0.2, -0.15) is 17.2 Å². The molecule has 0 aliphatic heterocycles. The van der Waals surface area contributed by atoms with Crippen molar-refractivity contribution in [2.24, 2.45) is 0 Å². The summed E-state index contributed by atoms with van der Waals surface area (Å²) in [4.78, 5) is 4.73. The number of aryl methyl sites for hydroxylation is 1. The predicted molar refractivity (Wildman–Crippen MR) is 220 cm³/mol. The van der Waals surface area contributed by atoms with E-state index in [-0.39, 0.29) is 26.5 Å². The van der Waals surface area contributed by atoms with E-state index in [2.05, 4.69) is 154 Å². The van der Waals surface area contributed by atoms with Crippen molar-refractivity contribution in [2.45, 2.75) is 33.1 Å². The molecule has 55 heavy (non-hydrogen) atoms. The molecule has 0 aliphatic rings. The smallest absolute Gasteiger partial charge is 0.509 e. The van der Waals surface area contributed by atoms with Crippen molar-refractivity contribution in [3.8, 4) is 56.6 Å². The number of para-hydroxylation sites is 1. The maximum atomic E-state index is 6.57. The molecule has 9 aromatic rings. The van der Waals surface area contributed by atoms with Crippen LogP contribution in [0.4, 0.5) is 0 Å². The number of nitrogens with zero attached hydrogens (tertiary/aromatic N) is 4. The second-order valence-electron chi connectivity index (χ2n) is 14.7. The van der Waals surface area contributed by atoms with Crippen molar-refractivity contribution in [1.29, 1.82) is 0 Å². The second-order valence-corrected chi connectivity index (χ2v) is 14.7. The van der Waals surface area contributed by atoms with Crippen LogP contribution < -0.4 is 4.74 Å². The predicted octanol–water partition coefficient (Wildman–Crippen LogP) is 12.4. The fourth-order valence-electron chi connectivity index (χ4n) is 7.22. The Morgan fingerprint density at radius 2 is 1.31 bits per heavy atom. The molecule has 0 spiro atoms. The molecule has 270 valence electrons. The minimum absolute atomic E-state index is 0. The van der Waals surface area contributed by atoms with Gasteiger partial charge in [0, 0.05) is 39.9 Å². The number of pyridine rings is 1. The van der Waals surface area contributed by atoms with Gasteiger partial charge in [-0.15, -0.1) is 35.7 Å². The van der Waals surface area contributed by atoms with Gasteiger partial charge in [0.1, 0.15) is 11.5 Å². The Hall–Kier alpha value is -6.03. The van der Waals surface area contributed by atoms with E-state index in [4.69, 9.17) is 14.8 Å². The van der Waals surface area contributed by atoms with Crippen LogP contribution >= 0.6 is 0 Å². The molecule has 9 rings (SSSR count). The van der Waals surface area contributed by atoms with Gasteiger partial charge in [-0.05, 0) is 58.3 Å². The third-order valence-corrected chi connectivity index (χ3v) is 9.91. The number of hydrogen-bond donors (Lipinski definition) is 0. The summed E-state index contributed by atoms with van der Waals surface area (Å²) < 4.78 is 10.7. The van der Waals surface area contributed by atoms with Crippen molar-refractivity contribution >= 4 is 21.8 Å². The molecule has 0 bridgehead atoms. The molecule has 6 aromatic carbocycles. The average molecular weight is 894 g/mol. The summed E-state index contributed by atoms with van der Waals surface area (Å²) in [6.07, 6.45) is 1.85. The van der Waals surface area contributed by atoms with Gasteiger partial charge in [0.15, 0.2) is 0 Å². The first-order valence-corrected chi connectivity index (χ1v) is 18.3. The van der Waals surface area contributed by atoms with Crippen molar-refractivity contribution in [3.05, 3.63) is 181 Å². The van der Waals surface area contributed by atoms with Crippen LogP contribution in [0.25, 0.3) is 67.0 Å². The van der Waals surface area contributed by atoms with E-state index in [1.165, 1.54) is 5.56 Å². The van der Waals surface area contributed by atoms with Crippen LogP contribution in [0.1, 0.15) is 31.9 Å². The monoisotopic (exact) mass is 893 g/mol. The van der Waals surface area contributed by atoms with Crippen LogP contribution in [0.15, 0.2) is 158 Å². The van der Waals surface area contributed by atoms with Gasteiger partial charge in [-0.1, -0.05) is 129 Å². The maximum Gasteiger partial charge on any atom is 2.00 e. The largest absolute Gasteiger partial charge is 2.00 e. The van der Waals surface area contributed by atoms with Crippen molar-refractivity contribution < 1.29 is 25.8 Å². The van der Waals surface area contributed by atoms with Gasteiger partial charge >= 0.3 is 21.1 Å². The number of ether oxygens (including phenoxy) is 1. The van der Waals surface area contributed by atoms with Crippen LogP contribution in [0.3, 0.4) is 0 Å². The molecular formula is C49H38N4OPt. The number of fused-ring (bicyclic) bond motifs is 3. The Bertz CT molecular complexity index is 2780. The summed E-state index contributed by atoms with van der Waals surface area (Å²) in [6, 6.07) is 59.4. The van der Waals surface area contributed by atoms with E-state index in [0.717, 1.165) is 72.5 Å². The zero-order valence-electron chi connectivity index (χ0n) is 31.0. The summed E-state index contributed by atoms with van der Waals surface area (Å²) in [5.74, 6) is 1.99. The molecular weight excluding hydrogens is 856 g/mol. The van der Waals surface area contributed by atoms with Gasteiger partial charge < -0.3 is 9.30 Å². The Morgan fingerprint density at radius 3 is 2.04 bits per heavy atom. The summed E-state index contributed by atoms with van der Waals surface area (Å²) >= 11 is 0. The Labute approximate surface area is 336 Å². The first-order valence-electron chi connectivity index (χ1n) is 18.3. The van der Waals surface area contributed by atoms with E-state index in [1.807, 2.05) is 53.3 Å². The summed E-state index contributed by atoms with van der Waals surface area (Å²) in [6.45, 7) is 8.81. The van der Waals surface area contributed by atoms with Crippen molar-refractivity contribution in [3.63, 3.8) is 0 Å². The average Bonchev–Trinajstić information content (AvgIpc) is 3.75. The van der Waals surface area contributed by atoms with Crippen molar-refractivity contribution in [1.82, 2.24) is 19.3 Å². The van der Waals surface area contributed by atoms with E-state index >= 15 is 0 Å². The quantitative estimate of drug-likeness (QED) is 0.150. The van der Waals surface area contributed by atoms with E-state index in [9.17, 15) is 0 Å². The molecule has 0 fully saturated rings. The van der Waals surface area contributed by atoms with Crippen LogP contribution in [-0.2, 0) is 26.5 Å². The van der Waals surface area contributed by atoms with Gasteiger partial charge in [-0.25, -0.2) is 4.98 Å². The summed E-state index contributed by atoms with van der Waals surface area (Å²) in [7, 11) is 0. The first kappa shape index (κ1) is 36.0. The van der Waals surface area contributed by atoms with Gasteiger partial charge in [0.25, 0.3) is 0 Å². The molecule has 0 atom stereocenters. The minimum atomic E-state index is 0. The van der Waals surface area contributed by atoms with E-state index in [0.29, 0.717) is 11.5 Å². The van der Waals surface area contributed by atoms with Crippen LogP contribution in [0.2, 0.25) is 0 Å². The molecule has 0 saturated carbocycles. The molecule has 5 nitrogen and oxygen atoms in total. The molecule has 6 heteroatoms. The molecule has 3 heterocycles. The van der Waals surface area contributed by atoms with Gasteiger partial charge in [-0.3, -0.25) is 4.68 Å². The number of aromatic nitrogens is 4. The van der Waals surface area contributed by atoms with Gasteiger partial charge in [0.05, 0.1) is 5.69 Å². The summed E-state index contributed by atoms with van der Waals surface area (Å²) in [5, 5.41) is 7.57.